The molecule has 5 atom stereocenters. The third-order valence-electron chi connectivity index (χ3n) is 2.64. The summed E-state index contributed by atoms with van der Waals surface area (Å²) in [5, 5.41) is 24.5. The highest BCUT2D eigenvalue weighted by molar-refractivity contribution is 5.74. The predicted octanol–water partition coefficient (Wildman–Crippen LogP) is -1.91. The van der Waals surface area contributed by atoms with E-state index in [-0.39, 0.29) is 5.91 Å². The smallest absolute Gasteiger partial charge is 0.217 e. The molecule has 17 heavy (non-hydrogen) atoms. The summed E-state index contributed by atoms with van der Waals surface area (Å²) >= 11 is 0. The van der Waals surface area contributed by atoms with Crippen LogP contribution in [0.4, 0.5) is 0 Å². The predicted molar refractivity (Wildman–Crippen MR) is 57.8 cm³/mol. The van der Waals surface area contributed by atoms with Crippen LogP contribution in [0.3, 0.4) is 0 Å². The van der Waals surface area contributed by atoms with Gasteiger partial charge in [0.15, 0.2) is 6.29 Å². The number of aliphatic hydroxyl groups excluding tert-OH is 2. The molecule has 0 aromatic carbocycles. The number of carbonyl (C=O) groups excluding carboxylic acids is 2. The van der Waals surface area contributed by atoms with E-state index in [4.69, 9.17) is 4.74 Å². The maximum absolute atomic E-state index is 11.0. The minimum atomic E-state index is -1.30. The highest BCUT2D eigenvalue weighted by Gasteiger charge is 2.43. The first-order chi connectivity index (χ1) is 7.82. The Hall–Kier alpha value is -1.18. The Morgan fingerprint density at radius 1 is 1.06 bits per heavy atom. The van der Waals surface area contributed by atoms with Crippen molar-refractivity contribution in [3.8, 4) is 0 Å². The van der Waals surface area contributed by atoms with Crippen LogP contribution in [-0.2, 0) is 14.3 Å². The quantitative estimate of drug-likeness (QED) is 0.455. The van der Waals surface area contributed by atoms with Gasteiger partial charge in [0.05, 0.1) is 12.1 Å². The Morgan fingerprint density at radius 3 is 2.00 bits per heavy atom. The Morgan fingerprint density at radius 2 is 1.53 bits per heavy atom. The van der Waals surface area contributed by atoms with Crippen molar-refractivity contribution in [2.75, 3.05) is 0 Å². The fourth-order valence-corrected chi connectivity index (χ4v) is 1.89. The Balaban J connectivity index is 2.78. The third kappa shape index (κ3) is 3.39. The van der Waals surface area contributed by atoms with Gasteiger partial charge in [-0.2, -0.15) is 0 Å². The number of carbonyl (C=O) groups is 2. The van der Waals surface area contributed by atoms with Crippen molar-refractivity contribution in [2.45, 2.75) is 51.4 Å². The first kappa shape index (κ1) is 13.9. The van der Waals surface area contributed by atoms with Crippen molar-refractivity contribution >= 4 is 11.8 Å². The van der Waals surface area contributed by atoms with E-state index in [1.165, 1.54) is 13.8 Å². The largest absolute Gasteiger partial charge is 0.389 e. The van der Waals surface area contributed by atoms with Crippen molar-refractivity contribution < 1.29 is 24.5 Å². The van der Waals surface area contributed by atoms with Crippen molar-refractivity contribution in [1.29, 1.82) is 0 Å². The van der Waals surface area contributed by atoms with Gasteiger partial charge in [-0.05, 0) is 6.92 Å². The molecule has 0 aromatic rings. The molecule has 1 aliphatic heterocycles. The number of hydrogen-bond acceptors (Lipinski definition) is 5. The number of aliphatic hydroxyl groups is 2. The molecule has 7 nitrogen and oxygen atoms in total. The second-order valence-corrected chi connectivity index (χ2v) is 4.17. The lowest BCUT2D eigenvalue weighted by molar-refractivity contribution is -0.214. The Labute approximate surface area is 99.1 Å². The van der Waals surface area contributed by atoms with Gasteiger partial charge >= 0.3 is 0 Å². The first-order valence-electron chi connectivity index (χ1n) is 5.38. The summed E-state index contributed by atoms with van der Waals surface area (Å²) < 4.78 is 5.15. The summed E-state index contributed by atoms with van der Waals surface area (Å²) in [6.07, 6.45) is -2.95. The van der Waals surface area contributed by atoms with Crippen molar-refractivity contribution in [3.63, 3.8) is 0 Å². The van der Waals surface area contributed by atoms with Gasteiger partial charge in [0.25, 0.3) is 0 Å². The van der Waals surface area contributed by atoms with E-state index >= 15 is 0 Å². The lowest BCUT2D eigenvalue weighted by atomic mass is 9.95. The van der Waals surface area contributed by atoms with E-state index in [2.05, 4.69) is 10.6 Å². The number of ether oxygens (including phenoxy) is 1. The molecule has 0 aliphatic carbocycles. The minimum Gasteiger partial charge on any atom is -0.389 e. The van der Waals surface area contributed by atoms with E-state index in [1.807, 2.05) is 0 Å². The van der Waals surface area contributed by atoms with Crippen molar-refractivity contribution in [1.82, 2.24) is 10.6 Å². The lowest BCUT2D eigenvalue weighted by Gasteiger charge is -2.42. The van der Waals surface area contributed by atoms with Crippen LogP contribution in [0.15, 0.2) is 0 Å². The van der Waals surface area contributed by atoms with Gasteiger partial charge in [-0.25, -0.2) is 0 Å². The molecule has 1 heterocycles. The molecule has 0 radical (unpaired) electrons. The monoisotopic (exact) mass is 246 g/mol. The van der Waals surface area contributed by atoms with Gasteiger partial charge in [-0.15, -0.1) is 0 Å². The van der Waals surface area contributed by atoms with Gasteiger partial charge in [-0.1, -0.05) is 0 Å². The van der Waals surface area contributed by atoms with Crippen LogP contribution < -0.4 is 10.6 Å². The lowest BCUT2D eigenvalue weighted by Crippen LogP contribution is -2.66. The number of hydrogen-bond donors (Lipinski definition) is 4. The fraction of sp³-hybridized carbons (Fsp3) is 0.800. The van der Waals surface area contributed by atoms with E-state index in [9.17, 15) is 19.8 Å². The zero-order valence-electron chi connectivity index (χ0n) is 10.0. The van der Waals surface area contributed by atoms with E-state index in [0.29, 0.717) is 0 Å². The highest BCUT2D eigenvalue weighted by atomic mass is 16.6. The molecule has 7 heteroatoms. The van der Waals surface area contributed by atoms with Gasteiger partial charge in [0.1, 0.15) is 12.1 Å². The molecular formula is C10H18N2O5. The summed E-state index contributed by atoms with van der Waals surface area (Å²) in [5.41, 5.74) is 0. The van der Waals surface area contributed by atoms with Crippen LogP contribution in [0.2, 0.25) is 0 Å². The summed E-state index contributed by atoms with van der Waals surface area (Å²) in [4.78, 5) is 21.9. The Kier molecular flexibility index (Phi) is 4.44. The number of rotatable bonds is 2. The van der Waals surface area contributed by atoms with Crippen molar-refractivity contribution in [2.24, 2.45) is 0 Å². The van der Waals surface area contributed by atoms with Crippen molar-refractivity contribution in [3.05, 3.63) is 0 Å². The molecule has 0 spiro atoms. The fourth-order valence-electron chi connectivity index (χ4n) is 1.89. The SMILES string of the molecule is CC(=O)N[C@H]1[C@H](O)[C@H](NC(C)=O)[C@@H](O)O[C@@H]1C. The molecule has 0 aromatic heterocycles. The van der Waals surface area contributed by atoms with E-state index < -0.39 is 36.5 Å². The zero-order chi connectivity index (χ0) is 13.2. The van der Waals surface area contributed by atoms with Crippen LogP contribution in [0.1, 0.15) is 20.8 Å². The number of amides is 2. The molecule has 0 unspecified atom stereocenters. The molecule has 1 rings (SSSR count). The number of nitrogens with one attached hydrogen (secondary N) is 2. The molecular weight excluding hydrogens is 228 g/mol. The average molecular weight is 246 g/mol. The van der Waals surface area contributed by atoms with Crippen LogP contribution in [0.5, 0.6) is 0 Å². The van der Waals surface area contributed by atoms with Crippen LogP contribution in [0.25, 0.3) is 0 Å². The maximum atomic E-state index is 11.0. The highest BCUT2D eigenvalue weighted by Crippen LogP contribution is 2.19. The van der Waals surface area contributed by atoms with Gasteiger partial charge in [0, 0.05) is 13.8 Å². The summed E-state index contributed by atoms with van der Waals surface area (Å²) in [6, 6.07) is -1.63. The molecule has 98 valence electrons. The molecule has 1 saturated heterocycles. The third-order valence-corrected chi connectivity index (χ3v) is 2.64. The van der Waals surface area contributed by atoms with Crippen LogP contribution in [0, 0.1) is 0 Å². The maximum Gasteiger partial charge on any atom is 0.217 e. The second kappa shape index (κ2) is 5.44. The summed E-state index contributed by atoms with van der Waals surface area (Å²) in [7, 11) is 0. The molecule has 4 N–H and O–H groups in total. The molecule has 0 saturated carbocycles. The van der Waals surface area contributed by atoms with Gasteiger partial charge in [-0.3, -0.25) is 9.59 Å². The zero-order valence-corrected chi connectivity index (χ0v) is 10.0. The topological polar surface area (TPSA) is 108 Å². The average Bonchev–Trinajstić information content (AvgIpc) is 2.18. The molecule has 1 fully saturated rings. The first-order valence-corrected chi connectivity index (χ1v) is 5.38. The second-order valence-electron chi connectivity index (χ2n) is 4.17. The molecule has 0 bridgehead atoms. The van der Waals surface area contributed by atoms with Crippen LogP contribution in [-0.4, -0.2) is 52.6 Å². The van der Waals surface area contributed by atoms with Gasteiger partial charge in [0.2, 0.25) is 11.8 Å². The van der Waals surface area contributed by atoms with Gasteiger partial charge < -0.3 is 25.6 Å². The molecule has 2 amide bonds. The van der Waals surface area contributed by atoms with Crippen LogP contribution >= 0.6 is 0 Å². The Bertz CT molecular complexity index is 281. The minimum absolute atomic E-state index is 0.317. The standard InChI is InChI=1S/C10H18N2O5/c1-4-7(11-5(2)13)9(15)8(10(16)17-4)12-6(3)14/h4,7-10,15-16H,1-3H3,(H,11,13)(H,12,14)/t4-,7-,8+,9+,10+/m1/s1. The summed E-state index contributed by atoms with van der Waals surface area (Å²) in [6.45, 7) is 4.21. The van der Waals surface area contributed by atoms with E-state index in [0.717, 1.165) is 0 Å². The summed E-state index contributed by atoms with van der Waals surface area (Å²) in [5.74, 6) is -0.713. The molecule has 1 aliphatic rings. The van der Waals surface area contributed by atoms with E-state index in [1.54, 1.807) is 6.92 Å². The normalized spacial score (nSPS) is 37.4.